The van der Waals surface area contributed by atoms with Gasteiger partial charge in [0.2, 0.25) is 10.0 Å². The fourth-order valence-electron chi connectivity index (χ4n) is 4.77. The first-order valence-corrected chi connectivity index (χ1v) is 13.4. The topological polar surface area (TPSA) is 135 Å². The number of aryl methyl sites for hydroxylation is 1. The molecule has 0 spiro atoms. The molecule has 3 heterocycles. The molecule has 3 aliphatic rings. The molecule has 0 aromatic carbocycles. The Morgan fingerprint density at radius 1 is 1.50 bits per heavy atom. The highest BCUT2D eigenvalue weighted by atomic mass is 35.5. The van der Waals surface area contributed by atoms with Crippen molar-refractivity contribution in [1.82, 2.24) is 19.2 Å². The normalized spacial score (nSPS) is 28.5. The quantitative estimate of drug-likeness (QED) is 0.363. The number of nitrogens with two attached hydrogens (primary N) is 1. The number of aromatic nitrogens is 2. The molecule has 0 bridgehead atoms. The average molecular weight is 517 g/mol. The number of hydrogen-bond donors (Lipinski definition) is 3. The van der Waals surface area contributed by atoms with E-state index in [0.717, 1.165) is 12.1 Å². The maximum Gasteiger partial charge on any atom is 0.211 e. The summed E-state index contributed by atoms with van der Waals surface area (Å²) >= 11 is 6.41. The van der Waals surface area contributed by atoms with Crippen molar-refractivity contribution in [3.8, 4) is 0 Å². The summed E-state index contributed by atoms with van der Waals surface area (Å²) in [4.78, 5) is 8.52. The first-order chi connectivity index (χ1) is 16.0. The van der Waals surface area contributed by atoms with Gasteiger partial charge in [0.25, 0.3) is 0 Å². The summed E-state index contributed by atoms with van der Waals surface area (Å²) < 4.78 is 47.4. The number of guanidine groups is 1. The Labute approximate surface area is 202 Å². The minimum Gasteiger partial charge on any atom is -0.493 e. The average Bonchev–Trinajstić information content (AvgIpc) is 3.11. The maximum absolute atomic E-state index is 14.8. The lowest BCUT2D eigenvalue weighted by Gasteiger charge is -2.34. The molecule has 0 saturated carbocycles. The van der Waals surface area contributed by atoms with Crippen molar-refractivity contribution < 1.29 is 22.7 Å². The lowest BCUT2D eigenvalue weighted by molar-refractivity contribution is 0.0801. The standard InChI is InChI=1S/C21H30ClFN6O4S/c1-11-10-33-20-13(7-15(23)18-19(20)29(11)12(2)26-18)6-14(22)8-25-21(24)27-16-4-5-28(9-17(16)30)34(3,31)32/h8,11,13,16-17,30H,4-7,9-10H2,1-3H3,(H3,24,25,27)/b14-8+/t11-,13?,16+,17+/m0/s1. The van der Waals surface area contributed by atoms with Crippen molar-refractivity contribution in [1.29, 1.82) is 0 Å². The number of imidazole rings is 1. The van der Waals surface area contributed by atoms with Crippen LogP contribution in [0.15, 0.2) is 16.2 Å². The molecule has 188 valence electrons. The molecule has 1 aliphatic carbocycles. The van der Waals surface area contributed by atoms with E-state index in [9.17, 15) is 17.9 Å². The third-order valence-corrected chi connectivity index (χ3v) is 7.95. The van der Waals surface area contributed by atoms with Crippen molar-refractivity contribution in [2.45, 2.75) is 51.3 Å². The van der Waals surface area contributed by atoms with Gasteiger partial charge in [-0.3, -0.25) is 0 Å². The monoisotopic (exact) mass is 516 g/mol. The Kier molecular flexibility index (Phi) is 6.96. The Bertz CT molecular complexity index is 1260. The second-order valence-corrected chi connectivity index (χ2v) is 11.5. The number of aliphatic hydroxyl groups is 1. The van der Waals surface area contributed by atoms with Crippen molar-refractivity contribution >= 4 is 39.2 Å². The number of nitrogens with one attached hydrogen (secondary N) is 1. The number of rotatable bonds is 5. The fourth-order valence-corrected chi connectivity index (χ4v) is 5.87. The zero-order valence-corrected chi connectivity index (χ0v) is 20.9. The first kappa shape index (κ1) is 25.0. The highest BCUT2D eigenvalue weighted by Crippen LogP contribution is 2.33. The van der Waals surface area contributed by atoms with Gasteiger partial charge in [0.1, 0.15) is 34.7 Å². The van der Waals surface area contributed by atoms with Gasteiger partial charge in [-0.2, -0.15) is 4.31 Å². The molecule has 4 N–H and O–H groups in total. The second-order valence-electron chi connectivity index (χ2n) is 9.08. The van der Waals surface area contributed by atoms with Crippen LogP contribution in [-0.2, 0) is 14.8 Å². The van der Waals surface area contributed by atoms with E-state index < -0.39 is 22.2 Å². The third kappa shape index (κ3) is 4.95. The van der Waals surface area contributed by atoms with E-state index in [-0.39, 0.29) is 43.3 Å². The van der Waals surface area contributed by atoms with Crippen molar-refractivity contribution in [2.24, 2.45) is 16.6 Å². The zero-order chi connectivity index (χ0) is 24.8. The Morgan fingerprint density at radius 3 is 2.91 bits per heavy atom. The van der Waals surface area contributed by atoms with Gasteiger partial charge in [-0.05, 0) is 26.7 Å². The number of allylic oxidation sites excluding steroid dienone is 1. The van der Waals surface area contributed by atoms with Gasteiger partial charge < -0.3 is 25.5 Å². The van der Waals surface area contributed by atoms with Crippen LogP contribution in [0.5, 0.6) is 0 Å². The molecule has 1 saturated heterocycles. The number of ether oxygens (including phenoxy) is 1. The summed E-state index contributed by atoms with van der Waals surface area (Å²) in [5.41, 5.74) is 5.94. The van der Waals surface area contributed by atoms with Crippen LogP contribution in [0.1, 0.15) is 38.1 Å². The van der Waals surface area contributed by atoms with Crippen LogP contribution in [0.25, 0.3) is 11.6 Å². The predicted molar refractivity (Wildman–Crippen MR) is 127 cm³/mol. The zero-order valence-electron chi connectivity index (χ0n) is 19.3. The van der Waals surface area contributed by atoms with E-state index in [2.05, 4.69) is 15.3 Å². The van der Waals surface area contributed by atoms with E-state index in [1.165, 1.54) is 10.5 Å². The van der Waals surface area contributed by atoms with Crippen LogP contribution in [0, 0.1) is 12.8 Å². The number of piperidine rings is 1. The molecule has 1 aromatic heterocycles. The SMILES string of the molecule is Cc1nc2c3n1[C@@H](C)COC=3C(C/C(Cl)=C\N=C(/N)N[C@@H]1CCN(S(C)(=O)=O)C[C@H]1O)CC=2F. The summed E-state index contributed by atoms with van der Waals surface area (Å²) in [6.45, 7) is 4.61. The van der Waals surface area contributed by atoms with E-state index in [0.29, 0.717) is 40.9 Å². The summed E-state index contributed by atoms with van der Waals surface area (Å²) in [5.74, 6) is 0.918. The van der Waals surface area contributed by atoms with Gasteiger partial charge >= 0.3 is 0 Å². The van der Waals surface area contributed by atoms with Gasteiger partial charge in [-0.1, -0.05) is 11.6 Å². The summed E-state index contributed by atoms with van der Waals surface area (Å²) in [6, 6.07) is -0.376. The van der Waals surface area contributed by atoms with Crippen molar-refractivity contribution in [3.63, 3.8) is 0 Å². The van der Waals surface area contributed by atoms with Gasteiger partial charge in [0.05, 0.1) is 24.4 Å². The Balaban J connectivity index is 1.44. The number of halogens is 2. The van der Waals surface area contributed by atoms with E-state index in [1.54, 1.807) is 0 Å². The summed E-state index contributed by atoms with van der Waals surface area (Å²) in [7, 11) is -3.36. The molecule has 34 heavy (non-hydrogen) atoms. The molecule has 2 aliphatic heterocycles. The molecule has 4 atom stereocenters. The molecule has 1 fully saturated rings. The van der Waals surface area contributed by atoms with Crippen LogP contribution in [0.4, 0.5) is 4.39 Å². The number of β-amino-alcohol motifs (C(OH)–C–C–N with tert-alkyl or cyclic N) is 1. The Hall–Kier alpha value is -2.15. The van der Waals surface area contributed by atoms with Crippen LogP contribution in [0.2, 0.25) is 0 Å². The first-order valence-electron chi connectivity index (χ1n) is 11.1. The number of sulfonamides is 1. The van der Waals surface area contributed by atoms with Gasteiger partial charge in [0, 0.05) is 36.7 Å². The van der Waals surface area contributed by atoms with Crippen LogP contribution in [0.3, 0.4) is 0 Å². The smallest absolute Gasteiger partial charge is 0.211 e. The largest absolute Gasteiger partial charge is 0.493 e. The van der Waals surface area contributed by atoms with E-state index in [1.807, 2.05) is 18.4 Å². The van der Waals surface area contributed by atoms with Gasteiger partial charge in [-0.25, -0.2) is 22.8 Å². The fraction of sp³-hybridized carbons (Fsp3) is 0.619. The molecular formula is C21H30ClFN6O4S. The van der Waals surface area contributed by atoms with Crippen LogP contribution in [-0.4, -0.2) is 71.4 Å². The predicted octanol–water partition coefficient (Wildman–Crippen LogP) is -0.242. The molecule has 1 aromatic rings. The van der Waals surface area contributed by atoms with Crippen LogP contribution >= 0.6 is 11.6 Å². The van der Waals surface area contributed by atoms with Gasteiger partial charge in [-0.15, -0.1) is 0 Å². The molecular weight excluding hydrogens is 487 g/mol. The van der Waals surface area contributed by atoms with E-state index in [4.69, 9.17) is 22.1 Å². The minimum absolute atomic E-state index is 0.0145. The molecule has 1 unspecified atom stereocenters. The maximum atomic E-state index is 14.8. The number of aliphatic hydroxyl groups excluding tert-OH is 1. The molecule has 13 heteroatoms. The highest BCUT2D eigenvalue weighted by Gasteiger charge is 2.33. The number of aliphatic imine (C=N–C) groups is 1. The lowest BCUT2D eigenvalue weighted by atomic mass is 9.93. The number of nitrogens with zero attached hydrogens (tertiary/aromatic N) is 4. The highest BCUT2D eigenvalue weighted by molar-refractivity contribution is 7.88. The van der Waals surface area contributed by atoms with Crippen molar-refractivity contribution in [3.05, 3.63) is 27.8 Å². The molecule has 4 rings (SSSR count). The van der Waals surface area contributed by atoms with Gasteiger partial charge in [0.15, 0.2) is 5.96 Å². The molecule has 0 amide bonds. The second kappa shape index (κ2) is 9.48. The molecule has 0 radical (unpaired) electrons. The van der Waals surface area contributed by atoms with Crippen LogP contribution < -0.4 is 21.7 Å². The van der Waals surface area contributed by atoms with E-state index >= 15 is 0 Å². The Morgan fingerprint density at radius 2 is 2.24 bits per heavy atom. The summed E-state index contributed by atoms with van der Waals surface area (Å²) in [6.07, 6.45) is 2.40. The van der Waals surface area contributed by atoms with Crippen molar-refractivity contribution in [2.75, 3.05) is 26.0 Å². The third-order valence-electron chi connectivity index (χ3n) is 6.43. The molecule has 10 nitrogen and oxygen atoms in total. The number of hydrogen-bond acceptors (Lipinski definition) is 6. The summed E-state index contributed by atoms with van der Waals surface area (Å²) in [5, 5.41) is 14.6. The minimum atomic E-state index is -3.36. The lowest BCUT2D eigenvalue weighted by Crippen LogP contribution is -2.56.